The third-order valence-corrected chi connectivity index (χ3v) is 4.39. The van der Waals surface area contributed by atoms with E-state index >= 15 is 0 Å². The summed E-state index contributed by atoms with van der Waals surface area (Å²) >= 11 is 6.73. The van der Waals surface area contributed by atoms with E-state index in [-0.39, 0.29) is 0 Å². The Balaban J connectivity index is 1.79. The molecule has 90 valence electrons. The fraction of sp³-hybridized carbons (Fsp3) is 0.600. The van der Waals surface area contributed by atoms with E-state index < -0.39 is 0 Å². The number of piperazine rings is 1. The zero-order valence-electron chi connectivity index (χ0n) is 9.17. The predicted octanol–water partition coefficient (Wildman–Crippen LogP) is 2.06. The molecule has 0 atom stereocenters. The quantitative estimate of drug-likeness (QED) is 0.902. The van der Waals surface area contributed by atoms with E-state index in [9.17, 15) is 0 Å². The second-order valence-electron chi connectivity index (χ2n) is 3.96. The van der Waals surface area contributed by atoms with E-state index in [1.54, 1.807) is 0 Å². The number of halogens is 2. The van der Waals surface area contributed by atoms with Crippen molar-refractivity contribution in [3.63, 3.8) is 0 Å². The summed E-state index contributed by atoms with van der Waals surface area (Å²) < 4.78 is 7.21. The molecular weight excluding hydrogens is 338 g/mol. The number of likely N-dealkylation sites (N-methyl/N-ethyl adjacent to an activating group) is 1. The molecule has 0 bridgehead atoms. The van der Waals surface area contributed by atoms with Crippen molar-refractivity contribution in [2.45, 2.75) is 6.54 Å². The monoisotopic (exact) mass is 351 g/mol. The Morgan fingerprint density at radius 3 is 2.56 bits per heavy atom. The molecular formula is C10H15Br2N3O. The minimum Gasteiger partial charge on any atom is -0.452 e. The van der Waals surface area contributed by atoms with Gasteiger partial charge in [0.2, 0.25) is 0 Å². The van der Waals surface area contributed by atoms with Gasteiger partial charge in [-0.25, -0.2) is 10.4 Å². The average Bonchev–Trinajstić information content (AvgIpc) is 2.58. The minimum atomic E-state index is 0.730. The summed E-state index contributed by atoms with van der Waals surface area (Å²) in [7, 11) is 2.15. The van der Waals surface area contributed by atoms with Crippen LogP contribution in [-0.4, -0.2) is 43.1 Å². The van der Waals surface area contributed by atoms with Gasteiger partial charge in [-0.15, -0.1) is 0 Å². The van der Waals surface area contributed by atoms with Gasteiger partial charge < -0.3 is 9.32 Å². The highest BCUT2D eigenvalue weighted by Gasteiger charge is 2.14. The molecule has 0 aliphatic carbocycles. The molecule has 1 aromatic rings. The summed E-state index contributed by atoms with van der Waals surface area (Å²) in [6.45, 7) is 5.06. The van der Waals surface area contributed by atoms with Crippen molar-refractivity contribution in [1.29, 1.82) is 0 Å². The molecule has 0 amide bonds. The summed E-state index contributed by atoms with van der Waals surface area (Å²) in [4.78, 5) is 2.33. The lowest BCUT2D eigenvalue weighted by Crippen LogP contribution is -2.50. The molecule has 16 heavy (non-hydrogen) atoms. The summed E-state index contributed by atoms with van der Waals surface area (Å²) in [5.41, 5.74) is 3.37. The highest BCUT2D eigenvalue weighted by Crippen LogP contribution is 2.26. The van der Waals surface area contributed by atoms with Crippen LogP contribution in [0.3, 0.4) is 0 Å². The zero-order valence-corrected chi connectivity index (χ0v) is 12.3. The topological polar surface area (TPSA) is 31.6 Å². The number of nitrogens with zero attached hydrogens (tertiary/aromatic N) is 2. The van der Waals surface area contributed by atoms with Crippen molar-refractivity contribution >= 4 is 31.9 Å². The molecule has 0 unspecified atom stereocenters. The normalized spacial score (nSPS) is 19.2. The van der Waals surface area contributed by atoms with Crippen LogP contribution in [0.5, 0.6) is 0 Å². The Hall–Kier alpha value is 0.120. The van der Waals surface area contributed by atoms with Crippen LogP contribution in [0.25, 0.3) is 0 Å². The number of rotatable bonds is 3. The highest BCUT2D eigenvalue weighted by atomic mass is 79.9. The second kappa shape index (κ2) is 5.64. The van der Waals surface area contributed by atoms with Crippen molar-refractivity contribution in [2.75, 3.05) is 33.2 Å². The molecule has 4 nitrogen and oxygen atoms in total. The van der Waals surface area contributed by atoms with Gasteiger partial charge in [-0.3, -0.25) is 0 Å². The fourth-order valence-electron chi connectivity index (χ4n) is 1.63. The van der Waals surface area contributed by atoms with Crippen LogP contribution in [0.15, 0.2) is 19.6 Å². The van der Waals surface area contributed by atoms with Crippen molar-refractivity contribution in [1.82, 2.24) is 15.3 Å². The SMILES string of the molecule is CN1CCN(NCc2cc(Br)c(Br)o2)CC1. The smallest absolute Gasteiger partial charge is 0.183 e. The Morgan fingerprint density at radius 1 is 1.31 bits per heavy atom. The molecule has 1 fully saturated rings. The third-order valence-electron chi connectivity index (χ3n) is 2.68. The van der Waals surface area contributed by atoms with Crippen LogP contribution in [0, 0.1) is 0 Å². The van der Waals surface area contributed by atoms with Gasteiger partial charge in [0, 0.05) is 26.2 Å². The van der Waals surface area contributed by atoms with E-state index in [2.05, 4.69) is 54.2 Å². The maximum absolute atomic E-state index is 5.50. The number of furan rings is 1. The van der Waals surface area contributed by atoms with Gasteiger partial charge >= 0.3 is 0 Å². The van der Waals surface area contributed by atoms with Crippen LogP contribution in [-0.2, 0) is 6.54 Å². The lowest BCUT2D eigenvalue weighted by molar-refractivity contribution is 0.0990. The first-order valence-corrected chi connectivity index (χ1v) is 6.84. The first-order chi connectivity index (χ1) is 7.65. The number of hydrazine groups is 1. The van der Waals surface area contributed by atoms with E-state index in [1.807, 2.05) is 6.07 Å². The van der Waals surface area contributed by atoms with Crippen molar-refractivity contribution < 1.29 is 4.42 Å². The van der Waals surface area contributed by atoms with Crippen LogP contribution < -0.4 is 5.43 Å². The molecule has 1 aromatic heterocycles. The molecule has 6 heteroatoms. The van der Waals surface area contributed by atoms with E-state index in [0.717, 1.165) is 47.6 Å². The standard InChI is InChI=1S/C10H15Br2N3O/c1-14-2-4-15(5-3-14)13-7-8-6-9(11)10(12)16-8/h6,13H,2-5,7H2,1H3. The fourth-order valence-corrected chi connectivity index (χ4v) is 2.29. The second-order valence-corrected chi connectivity index (χ2v) is 5.53. The third kappa shape index (κ3) is 3.30. The van der Waals surface area contributed by atoms with Crippen LogP contribution in [0.2, 0.25) is 0 Å². The zero-order chi connectivity index (χ0) is 11.5. The van der Waals surface area contributed by atoms with Gasteiger partial charge in [-0.05, 0) is 45.0 Å². The average molecular weight is 353 g/mol. The van der Waals surface area contributed by atoms with E-state index in [0.29, 0.717) is 0 Å². The summed E-state index contributed by atoms with van der Waals surface area (Å²) in [6.07, 6.45) is 0. The lowest BCUT2D eigenvalue weighted by Gasteiger charge is -2.32. The minimum absolute atomic E-state index is 0.730. The van der Waals surface area contributed by atoms with Crippen molar-refractivity contribution in [2.24, 2.45) is 0 Å². The molecule has 0 aromatic carbocycles. The number of nitrogens with one attached hydrogen (secondary N) is 1. The molecule has 0 radical (unpaired) electrons. The molecule has 1 N–H and O–H groups in total. The van der Waals surface area contributed by atoms with Crippen LogP contribution in [0.4, 0.5) is 0 Å². The van der Waals surface area contributed by atoms with Crippen molar-refractivity contribution in [3.8, 4) is 0 Å². The molecule has 0 spiro atoms. The Morgan fingerprint density at radius 2 is 2.00 bits per heavy atom. The van der Waals surface area contributed by atoms with Crippen LogP contribution >= 0.6 is 31.9 Å². The number of hydrogen-bond donors (Lipinski definition) is 1. The Labute approximate surface area is 112 Å². The number of hydrogen-bond acceptors (Lipinski definition) is 4. The van der Waals surface area contributed by atoms with Gasteiger partial charge in [0.15, 0.2) is 4.67 Å². The molecule has 1 aliphatic rings. The van der Waals surface area contributed by atoms with Crippen molar-refractivity contribution in [3.05, 3.63) is 21.0 Å². The van der Waals surface area contributed by atoms with Gasteiger partial charge in [0.25, 0.3) is 0 Å². The molecule has 2 rings (SSSR count). The summed E-state index contributed by atoms with van der Waals surface area (Å²) in [5.74, 6) is 0.928. The van der Waals surface area contributed by atoms with E-state index in [1.165, 1.54) is 0 Å². The van der Waals surface area contributed by atoms with Gasteiger partial charge in [0.1, 0.15) is 5.76 Å². The first kappa shape index (κ1) is 12.6. The first-order valence-electron chi connectivity index (χ1n) is 5.26. The summed E-state index contributed by atoms with van der Waals surface area (Å²) in [5, 5.41) is 2.24. The van der Waals surface area contributed by atoms with Gasteiger partial charge in [-0.2, -0.15) is 0 Å². The predicted molar refractivity (Wildman–Crippen MR) is 70.0 cm³/mol. The maximum Gasteiger partial charge on any atom is 0.183 e. The molecule has 1 saturated heterocycles. The molecule has 1 aliphatic heterocycles. The Bertz CT molecular complexity index is 328. The van der Waals surface area contributed by atoms with E-state index in [4.69, 9.17) is 4.42 Å². The maximum atomic E-state index is 5.50. The highest BCUT2D eigenvalue weighted by molar-refractivity contribution is 9.13. The lowest BCUT2D eigenvalue weighted by atomic mass is 10.4. The van der Waals surface area contributed by atoms with Crippen LogP contribution in [0.1, 0.15) is 5.76 Å². The summed E-state index contributed by atoms with van der Waals surface area (Å²) in [6, 6.07) is 1.98. The van der Waals surface area contributed by atoms with Gasteiger partial charge in [0.05, 0.1) is 11.0 Å². The van der Waals surface area contributed by atoms with Gasteiger partial charge in [-0.1, -0.05) is 0 Å². The molecule has 0 saturated carbocycles. The Kier molecular flexibility index (Phi) is 4.43. The molecule has 2 heterocycles. The largest absolute Gasteiger partial charge is 0.452 e.